The molecule has 0 saturated carbocycles. The summed E-state index contributed by atoms with van der Waals surface area (Å²) in [6.45, 7) is 2.15. The molecule has 0 aromatic heterocycles. The molecule has 29 heavy (non-hydrogen) atoms. The second-order valence-electron chi connectivity index (χ2n) is 6.62. The van der Waals surface area contributed by atoms with Crippen LogP contribution in [0, 0.1) is 0 Å². The van der Waals surface area contributed by atoms with Gasteiger partial charge in [0.15, 0.2) is 11.5 Å². The maximum atomic E-state index is 12.8. The molecule has 0 saturated heterocycles. The summed E-state index contributed by atoms with van der Waals surface area (Å²) in [5, 5.41) is 9.44. The lowest BCUT2D eigenvalue weighted by Gasteiger charge is -2.15. The number of unbranched alkanes of at least 4 members (excludes halogenated alkanes) is 3. The largest absolute Gasteiger partial charge is 0.493 e. The van der Waals surface area contributed by atoms with Crippen molar-refractivity contribution in [2.24, 2.45) is 0 Å². The highest BCUT2D eigenvalue weighted by Crippen LogP contribution is 2.34. The molecule has 0 aliphatic heterocycles. The molecular weight excluding hydrogens is 394 g/mol. The fourth-order valence-electron chi connectivity index (χ4n) is 2.94. The van der Waals surface area contributed by atoms with E-state index in [1.807, 2.05) is 0 Å². The van der Waals surface area contributed by atoms with Gasteiger partial charge in [0.2, 0.25) is 0 Å². The Hall–Kier alpha value is -2.74. The Morgan fingerprint density at radius 2 is 1.62 bits per heavy atom. The summed E-state index contributed by atoms with van der Waals surface area (Å²) in [6, 6.07) is 9.14. The summed E-state index contributed by atoms with van der Waals surface area (Å²) in [6.07, 6.45) is 5.46. The van der Waals surface area contributed by atoms with E-state index in [1.165, 1.54) is 44.9 Å². The van der Waals surface area contributed by atoms with E-state index in [-0.39, 0.29) is 27.6 Å². The van der Waals surface area contributed by atoms with Crippen LogP contribution in [-0.2, 0) is 16.4 Å². The van der Waals surface area contributed by atoms with E-state index < -0.39 is 16.0 Å². The van der Waals surface area contributed by atoms with Gasteiger partial charge in [-0.2, -0.15) is 0 Å². The van der Waals surface area contributed by atoms with Crippen molar-refractivity contribution in [3.05, 3.63) is 47.5 Å². The molecule has 0 radical (unpaired) electrons. The van der Waals surface area contributed by atoms with Gasteiger partial charge in [-0.05, 0) is 30.5 Å². The van der Waals surface area contributed by atoms with Gasteiger partial charge >= 0.3 is 5.97 Å². The first-order valence-corrected chi connectivity index (χ1v) is 10.9. The molecule has 2 aromatic carbocycles. The highest BCUT2D eigenvalue weighted by Gasteiger charge is 2.21. The van der Waals surface area contributed by atoms with Crippen molar-refractivity contribution < 1.29 is 27.8 Å². The van der Waals surface area contributed by atoms with E-state index >= 15 is 0 Å². The third-order valence-electron chi connectivity index (χ3n) is 4.55. The van der Waals surface area contributed by atoms with Crippen LogP contribution >= 0.6 is 0 Å². The van der Waals surface area contributed by atoms with Gasteiger partial charge in [-0.25, -0.2) is 13.2 Å². The molecule has 0 fully saturated rings. The predicted molar refractivity (Wildman–Crippen MR) is 112 cm³/mol. The zero-order valence-corrected chi connectivity index (χ0v) is 17.7. The van der Waals surface area contributed by atoms with Crippen LogP contribution in [0.5, 0.6) is 11.5 Å². The summed E-state index contributed by atoms with van der Waals surface area (Å²) in [7, 11) is -1.21. The van der Waals surface area contributed by atoms with Crippen LogP contribution in [0.3, 0.4) is 0 Å². The van der Waals surface area contributed by atoms with E-state index in [2.05, 4.69) is 11.6 Å². The van der Waals surface area contributed by atoms with Crippen molar-refractivity contribution in [3.8, 4) is 11.5 Å². The van der Waals surface area contributed by atoms with Crippen LogP contribution in [-0.4, -0.2) is 33.7 Å². The molecule has 0 aliphatic carbocycles. The molecule has 2 N–H and O–H groups in total. The standard InChI is InChI=1S/C21H27NO6S/c1-4-5-6-7-8-15-9-11-16(12-10-15)29(25,26)22-18-14-20(28-3)19(27-2)13-17(18)21(23)24/h9-14,22H,4-8H2,1-3H3,(H,23,24). The van der Waals surface area contributed by atoms with Crippen molar-refractivity contribution in [1.82, 2.24) is 0 Å². The molecule has 0 unspecified atom stereocenters. The normalized spacial score (nSPS) is 11.1. The predicted octanol–water partition coefficient (Wildman–Crippen LogP) is 4.33. The first-order chi connectivity index (χ1) is 13.8. The van der Waals surface area contributed by atoms with E-state index in [1.54, 1.807) is 12.1 Å². The third-order valence-corrected chi connectivity index (χ3v) is 5.93. The number of nitrogens with one attached hydrogen (secondary N) is 1. The number of rotatable bonds is 11. The Balaban J connectivity index is 2.25. The minimum Gasteiger partial charge on any atom is -0.493 e. The fraction of sp³-hybridized carbons (Fsp3) is 0.381. The van der Waals surface area contributed by atoms with Crippen molar-refractivity contribution in [1.29, 1.82) is 0 Å². The van der Waals surface area contributed by atoms with Gasteiger partial charge in [0.05, 0.1) is 30.4 Å². The van der Waals surface area contributed by atoms with Crippen molar-refractivity contribution in [3.63, 3.8) is 0 Å². The molecule has 158 valence electrons. The van der Waals surface area contributed by atoms with Crippen LogP contribution in [0.2, 0.25) is 0 Å². The number of benzene rings is 2. The lowest BCUT2D eigenvalue weighted by molar-refractivity contribution is 0.0697. The molecule has 8 heteroatoms. The van der Waals surface area contributed by atoms with Crippen LogP contribution in [0.1, 0.15) is 48.5 Å². The summed E-state index contributed by atoms with van der Waals surface area (Å²) in [4.78, 5) is 11.6. The molecule has 0 bridgehead atoms. The number of aryl methyl sites for hydroxylation is 1. The lowest BCUT2D eigenvalue weighted by atomic mass is 10.1. The molecule has 2 rings (SSSR count). The number of methoxy groups -OCH3 is 2. The quantitative estimate of drug-likeness (QED) is 0.524. The molecular formula is C21H27NO6S. The van der Waals surface area contributed by atoms with Gasteiger partial charge in [-0.1, -0.05) is 38.3 Å². The Morgan fingerprint density at radius 1 is 1.00 bits per heavy atom. The van der Waals surface area contributed by atoms with Crippen molar-refractivity contribution >= 4 is 21.7 Å². The van der Waals surface area contributed by atoms with Crippen LogP contribution in [0.15, 0.2) is 41.3 Å². The molecule has 7 nitrogen and oxygen atoms in total. The number of hydrogen-bond donors (Lipinski definition) is 2. The molecule has 0 aliphatic rings. The van der Waals surface area contributed by atoms with Gasteiger partial charge in [-0.15, -0.1) is 0 Å². The Labute approximate surface area is 171 Å². The van der Waals surface area contributed by atoms with Gasteiger partial charge in [0.25, 0.3) is 10.0 Å². The average Bonchev–Trinajstić information content (AvgIpc) is 2.70. The first kappa shape index (κ1) is 22.5. The highest BCUT2D eigenvalue weighted by molar-refractivity contribution is 7.92. The topological polar surface area (TPSA) is 102 Å². The van der Waals surface area contributed by atoms with E-state index in [9.17, 15) is 18.3 Å². The van der Waals surface area contributed by atoms with Gasteiger partial charge < -0.3 is 14.6 Å². The average molecular weight is 422 g/mol. The Morgan fingerprint density at radius 3 is 2.17 bits per heavy atom. The molecule has 0 heterocycles. The second-order valence-corrected chi connectivity index (χ2v) is 8.30. The van der Waals surface area contributed by atoms with Crippen LogP contribution < -0.4 is 14.2 Å². The Kier molecular flexibility index (Phi) is 7.90. The molecule has 0 amide bonds. The maximum Gasteiger partial charge on any atom is 0.337 e. The number of anilines is 1. The number of sulfonamides is 1. The monoisotopic (exact) mass is 421 g/mol. The number of carboxylic acids is 1. The zero-order valence-electron chi connectivity index (χ0n) is 16.9. The number of carboxylic acid groups (broad SMARTS) is 1. The first-order valence-electron chi connectivity index (χ1n) is 9.43. The van der Waals surface area contributed by atoms with E-state index in [0.717, 1.165) is 31.2 Å². The number of aromatic carboxylic acids is 1. The molecule has 0 spiro atoms. The van der Waals surface area contributed by atoms with E-state index in [0.29, 0.717) is 0 Å². The van der Waals surface area contributed by atoms with E-state index in [4.69, 9.17) is 9.47 Å². The SMILES string of the molecule is CCCCCCc1ccc(S(=O)(=O)Nc2cc(OC)c(OC)cc2C(=O)O)cc1. The van der Waals surface area contributed by atoms with Gasteiger partial charge in [-0.3, -0.25) is 4.72 Å². The Bertz CT molecular complexity index is 938. The summed E-state index contributed by atoms with van der Waals surface area (Å²) >= 11 is 0. The zero-order chi connectivity index (χ0) is 21.4. The maximum absolute atomic E-state index is 12.8. The van der Waals surface area contributed by atoms with Crippen LogP contribution in [0.25, 0.3) is 0 Å². The molecule has 0 atom stereocenters. The summed E-state index contributed by atoms with van der Waals surface area (Å²) < 4.78 is 38.1. The third kappa shape index (κ3) is 5.87. The smallest absolute Gasteiger partial charge is 0.337 e. The second kappa shape index (κ2) is 10.2. The minimum atomic E-state index is -3.97. The number of ether oxygens (including phenoxy) is 2. The van der Waals surface area contributed by atoms with Crippen molar-refractivity contribution in [2.75, 3.05) is 18.9 Å². The summed E-state index contributed by atoms with van der Waals surface area (Å²) in [5.41, 5.74) is 0.731. The van der Waals surface area contributed by atoms with Gasteiger partial charge in [0.1, 0.15) is 0 Å². The number of hydrogen-bond acceptors (Lipinski definition) is 5. The fourth-order valence-corrected chi connectivity index (χ4v) is 4.01. The van der Waals surface area contributed by atoms with Crippen LogP contribution in [0.4, 0.5) is 5.69 Å². The minimum absolute atomic E-state index is 0.0564. The van der Waals surface area contributed by atoms with Crippen molar-refractivity contribution in [2.45, 2.75) is 43.9 Å². The number of carbonyl (C=O) groups is 1. The summed E-state index contributed by atoms with van der Waals surface area (Å²) in [5.74, 6) is -0.871. The lowest BCUT2D eigenvalue weighted by Crippen LogP contribution is -2.16. The highest BCUT2D eigenvalue weighted by atomic mass is 32.2. The molecule has 2 aromatic rings. The van der Waals surface area contributed by atoms with Gasteiger partial charge in [0, 0.05) is 12.1 Å².